The van der Waals surface area contributed by atoms with E-state index in [1.165, 1.54) is 5.56 Å². The summed E-state index contributed by atoms with van der Waals surface area (Å²) in [7, 11) is 0. The summed E-state index contributed by atoms with van der Waals surface area (Å²) in [5.74, 6) is 0. The highest BCUT2D eigenvalue weighted by molar-refractivity contribution is 7.10. The summed E-state index contributed by atoms with van der Waals surface area (Å²) in [6.45, 7) is 2.11. The Kier molecular flexibility index (Phi) is 3.19. The van der Waals surface area contributed by atoms with Crippen LogP contribution < -0.4 is 0 Å². The van der Waals surface area contributed by atoms with Crippen molar-refractivity contribution in [3.05, 3.63) is 57.8 Å². The molecule has 0 radical (unpaired) electrons. The van der Waals surface area contributed by atoms with Gasteiger partial charge in [-0.15, -0.1) is 11.3 Å². The van der Waals surface area contributed by atoms with Gasteiger partial charge in [0.05, 0.1) is 0 Å². The molecule has 0 bridgehead atoms. The highest BCUT2D eigenvalue weighted by atomic mass is 32.1. The van der Waals surface area contributed by atoms with Crippen LogP contribution in [0.4, 0.5) is 0 Å². The van der Waals surface area contributed by atoms with Gasteiger partial charge in [-0.05, 0) is 29.0 Å². The van der Waals surface area contributed by atoms with E-state index in [1.807, 2.05) is 35.7 Å². The Morgan fingerprint density at radius 3 is 2.67 bits per heavy atom. The second-order valence-electron chi connectivity index (χ2n) is 3.47. The van der Waals surface area contributed by atoms with Gasteiger partial charge >= 0.3 is 0 Å². The van der Waals surface area contributed by atoms with Crippen molar-refractivity contribution in [3.63, 3.8) is 0 Å². The van der Waals surface area contributed by atoms with Crippen molar-refractivity contribution in [2.75, 3.05) is 0 Å². The van der Waals surface area contributed by atoms with Gasteiger partial charge in [0.25, 0.3) is 0 Å². The van der Waals surface area contributed by atoms with Gasteiger partial charge < -0.3 is 5.11 Å². The van der Waals surface area contributed by atoms with Gasteiger partial charge in [0, 0.05) is 4.88 Å². The van der Waals surface area contributed by atoms with Crippen LogP contribution in [0.15, 0.2) is 41.8 Å². The zero-order chi connectivity index (χ0) is 10.7. The van der Waals surface area contributed by atoms with Gasteiger partial charge in [0.2, 0.25) is 0 Å². The van der Waals surface area contributed by atoms with Gasteiger partial charge in [0.1, 0.15) is 6.10 Å². The molecule has 1 aromatic heterocycles. The normalized spacial score (nSPS) is 12.7. The molecule has 0 fully saturated rings. The zero-order valence-corrected chi connectivity index (χ0v) is 9.50. The Hall–Kier alpha value is -1.12. The molecule has 78 valence electrons. The topological polar surface area (TPSA) is 20.2 Å². The predicted octanol–water partition coefficient (Wildman–Crippen LogP) is 3.39. The smallest absolute Gasteiger partial charge is 0.113 e. The second-order valence-corrected chi connectivity index (χ2v) is 4.45. The van der Waals surface area contributed by atoms with E-state index in [1.54, 1.807) is 11.3 Å². The van der Waals surface area contributed by atoms with Gasteiger partial charge in [-0.2, -0.15) is 0 Å². The summed E-state index contributed by atoms with van der Waals surface area (Å²) in [6, 6.07) is 12.0. The quantitative estimate of drug-likeness (QED) is 0.837. The van der Waals surface area contributed by atoms with Crippen LogP contribution in [0, 0.1) is 0 Å². The first-order chi connectivity index (χ1) is 7.33. The van der Waals surface area contributed by atoms with Gasteiger partial charge in [-0.3, -0.25) is 0 Å². The van der Waals surface area contributed by atoms with Crippen LogP contribution in [0.3, 0.4) is 0 Å². The summed E-state index contributed by atoms with van der Waals surface area (Å²) in [5.41, 5.74) is 2.25. The Bertz CT molecular complexity index is 420. The maximum absolute atomic E-state index is 10.2. The SMILES string of the molecule is CCc1ccccc1[C@H](O)c1cccs1. The number of rotatable bonds is 3. The lowest BCUT2D eigenvalue weighted by molar-refractivity contribution is 0.223. The molecule has 0 saturated heterocycles. The van der Waals surface area contributed by atoms with Crippen LogP contribution in [0.5, 0.6) is 0 Å². The average molecular weight is 218 g/mol. The molecule has 0 spiro atoms. The molecule has 1 atom stereocenters. The zero-order valence-electron chi connectivity index (χ0n) is 8.68. The molecule has 0 unspecified atom stereocenters. The van der Waals surface area contributed by atoms with Crippen LogP contribution >= 0.6 is 11.3 Å². The molecule has 0 aliphatic rings. The summed E-state index contributed by atoms with van der Waals surface area (Å²) < 4.78 is 0. The minimum Gasteiger partial charge on any atom is -0.383 e. The third-order valence-corrected chi connectivity index (χ3v) is 3.47. The largest absolute Gasteiger partial charge is 0.383 e. The summed E-state index contributed by atoms with van der Waals surface area (Å²) in [6.07, 6.45) is 0.486. The second kappa shape index (κ2) is 4.60. The Balaban J connectivity index is 2.37. The molecule has 0 saturated carbocycles. The number of aryl methyl sites for hydroxylation is 1. The van der Waals surface area contributed by atoms with Crippen molar-refractivity contribution in [2.45, 2.75) is 19.4 Å². The summed E-state index contributed by atoms with van der Waals surface area (Å²) >= 11 is 1.60. The molecule has 2 aromatic rings. The molecule has 1 heterocycles. The van der Waals surface area contributed by atoms with Crippen molar-refractivity contribution >= 4 is 11.3 Å². The average Bonchev–Trinajstić information content (AvgIpc) is 2.81. The van der Waals surface area contributed by atoms with E-state index in [0.717, 1.165) is 16.9 Å². The third kappa shape index (κ3) is 2.11. The number of thiophene rings is 1. The molecule has 1 aromatic carbocycles. The first-order valence-corrected chi connectivity index (χ1v) is 6.00. The van der Waals surface area contributed by atoms with Crippen LogP contribution in [0.25, 0.3) is 0 Å². The number of benzene rings is 1. The lowest BCUT2D eigenvalue weighted by atomic mass is 10.00. The van der Waals surface area contributed by atoms with Crippen molar-refractivity contribution in [2.24, 2.45) is 0 Å². The van der Waals surface area contributed by atoms with Crippen molar-refractivity contribution in [3.8, 4) is 0 Å². The van der Waals surface area contributed by atoms with E-state index < -0.39 is 6.10 Å². The lowest BCUT2D eigenvalue weighted by Gasteiger charge is -2.13. The first-order valence-electron chi connectivity index (χ1n) is 5.12. The number of hydrogen-bond acceptors (Lipinski definition) is 2. The molecular formula is C13H14OS. The fourth-order valence-corrected chi connectivity index (χ4v) is 2.45. The van der Waals surface area contributed by atoms with Crippen LogP contribution in [0.2, 0.25) is 0 Å². The fourth-order valence-electron chi connectivity index (χ4n) is 1.72. The Labute approximate surface area is 94.0 Å². The fraction of sp³-hybridized carbons (Fsp3) is 0.231. The molecule has 1 nitrogen and oxygen atoms in total. The van der Waals surface area contributed by atoms with Crippen LogP contribution in [0.1, 0.15) is 29.0 Å². The van der Waals surface area contributed by atoms with Gasteiger partial charge in [-0.25, -0.2) is 0 Å². The van der Waals surface area contributed by atoms with E-state index in [9.17, 15) is 5.11 Å². The number of hydrogen-bond donors (Lipinski definition) is 1. The van der Waals surface area contributed by atoms with Crippen molar-refractivity contribution < 1.29 is 5.11 Å². The monoisotopic (exact) mass is 218 g/mol. The molecule has 0 aliphatic carbocycles. The molecule has 2 rings (SSSR count). The number of aliphatic hydroxyl groups is 1. The maximum Gasteiger partial charge on any atom is 0.113 e. The predicted molar refractivity (Wildman–Crippen MR) is 64.2 cm³/mol. The standard InChI is InChI=1S/C13H14OS/c1-2-10-6-3-4-7-11(10)13(14)12-8-5-9-15-12/h3-9,13-14H,2H2,1H3/t13-/m0/s1. The van der Waals surface area contributed by atoms with E-state index in [0.29, 0.717) is 0 Å². The summed E-state index contributed by atoms with van der Waals surface area (Å²) in [4.78, 5) is 1.01. The summed E-state index contributed by atoms with van der Waals surface area (Å²) in [5, 5.41) is 12.2. The first kappa shape index (κ1) is 10.4. The van der Waals surface area contributed by atoms with E-state index in [2.05, 4.69) is 13.0 Å². The third-order valence-electron chi connectivity index (χ3n) is 2.54. The van der Waals surface area contributed by atoms with E-state index >= 15 is 0 Å². The maximum atomic E-state index is 10.2. The lowest BCUT2D eigenvalue weighted by Crippen LogP contribution is -2.01. The van der Waals surface area contributed by atoms with Crippen molar-refractivity contribution in [1.82, 2.24) is 0 Å². The molecule has 2 heteroatoms. The highest BCUT2D eigenvalue weighted by Crippen LogP contribution is 2.28. The van der Waals surface area contributed by atoms with Crippen LogP contribution in [-0.4, -0.2) is 5.11 Å². The Morgan fingerprint density at radius 2 is 2.00 bits per heavy atom. The molecule has 15 heavy (non-hydrogen) atoms. The van der Waals surface area contributed by atoms with Crippen LogP contribution in [-0.2, 0) is 6.42 Å². The molecule has 0 aliphatic heterocycles. The van der Waals surface area contributed by atoms with Gasteiger partial charge in [-0.1, -0.05) is 37.3 Å². The molecular weight excluding hydrogens is 204 g/mol. The van der Waals surface area contributed by atoms with Gasteiger partial charge in [0.15, 0.2) is 0 Å². The molecule has 1 N–H and O–H groups in total. The van der Waals surface area contributed by atoms with E-state index in [4.69, 9.17) is 0 Å². The molecule has 0 amide bonds. The van der Waals surface area contributed by atoms with Crippen molar-refractivity contribution in [1.29, 1.82) is 0 Å². The highest BCUT2D eigenvalue weighted by Gasteiger charge is 2.13. The Morgan fingerprint density at radius 1 is 1.20 bits per heavy atom. The minimum absolute atomic E-state index is 0.471. The van der Waals surface area contributed by atoms with E-state index in [-0.39, 0.29) is 0 Å². The minimum atomic E-state index is -0.471. The number of aliphatic hydroxyl groups excluding tert-OH is 1.